The molecule has 0 amide bonds. The van der Waals surface area contributed by atoms with Crippen LogP contribution in [-0.2, 0) is 13.0 Å². The molecule has 0 fully saturated rings. The van der Waals surface area contributed by atoms with Crippen LogP contribution >= 0.6 is 12.2 Å². The van der Waals surface area contributed by atoms with Crippen LogP contribution in [0.2, 0.25) is 0 Å². The van der Waals surface area contributed by atoms with Gasteiger partial charge in [-0.1, -0.05) is 6.07 Å². The minimum Gasteiger partial charge on any atom is -0.497 e. The molecule has 9 nitrogen and oxygen atoms in total. The van der Waals surface area contributed by atoms with E-state index in [1.807, 2.05) is 54.7 Å². The summed E-state index contributed by atoms with van der Waals surface area (Å²) in [4.78, 5) is 5.46. The topological polar surface area (TPSA) is 86.4 Å². The molecule has 1 heterocycles. The van der Waals surface area contributed by atoms with Crippen LogP contribution in [0.3, 0.4) is 0 Å². The van der Waals surface area contributed by atoms with Gasteiger partial charge in [-0.15, -0.1) is 0 Å². The second-order valence-electron chi connectivity index (χ2n) is 8.93. The van der Waals surface area contributed by atoms with Crippen molar-refractivity contribution in [2.45, 2.75) is 13.0 Å². The predicted octanol–water partition coefficient (Wildman–Crippen LogP) is 5.66. The lowest BCUT2D eigenvalue weighted by atomic mass is 10.1. The van der Waals surface area contributed by atoms with E-state index < -0.39 is 0 Å². The summed E-state index contributed by atoms with van der Waals surface area (Å²) in [6.45, 7) is 1.19. The summed E-state index contributed by atoms with van der Waals surface area (Å²) >= 11 is 5.94. The number of benzene rings is 3. The van der Waals surface area contributed by atoms with Crippen molar-refractivity contribution in [3.05, 3.63) is 65.9 Å². The molecule has 0 aliphatic rings. The zero-order chi connectivity index (χ0) is 28.6. The maximum Gasteiger partial charge on any atom is 0.203 e. The molecule has 0 radical (unpaired) electrons. The van der Waals surface area contributed by atoms with Gasteiger partial charge in [0.15, 0.2) is 28.1 Å². The Bertz CT molecular complexity index is 1450. The quantitative estimate of drug-likeness (QED) is 0.211. The molecule has 1 aromatic heterocycles. The molecule has 4 rings (SSSR count). The van der Waals surface area contributed by atoms with Gasteiger partial charge in [-0.25, -0.2) is 0 Å². The van der Waals surface area contributed by atoms with Gasteiger partial charge in [0.05, 0.1) is 42.7 Å². The fourth-order valence-corrected chi connectivity index (χ4v) is 4.83. The molecular formula is C30H35N3O6S. The highest BCUT2D eigenvalue weighted by atomic mass is 32.1. The van der Waals surface area contributed by atoms with E-state index in [1.54, 1.807) is 42.7 Å². The van der Waals surface area contributed by atoms with Crippen molar-refractivity contribution in [2.75, 3.05) is 54.5 Å². The van der Waals surface area contributed by atoms with Crippen molar-refractivity contribution in [1.82, 2.24) is 9.88 Å². The van der Waals surface area contributed by atoms with Crippen LogP contribution in [0.4, 0.5) is 5.69 Å². The molecule has 0 saturated carbocycles. The summed E-state index contributed by atoms with van der Waals surface area (Å²) in [5.41, 5.74) is 3.96. The fourth-order valence-electron chi connectivity index (χ4n) is 4.55. The van der Waals surface area contributed by atoms with E-state index in [2.05, 4.69) is 15.2 Å². The number of methoxy groups -OCH3 is 6. The zero-order valence-corrected chi connectivity index (χ0v) is 24.4. The Morgan fingerprint density at radius 3 is 2.10 bits per heavy atom. The summed E-state index contributed by atoms with van der Waals surface area (Å²) in [6.07, 6.45) is 2.78. The van der Waals surface area contributed by atoms with Gasteiger partial charge in [0.2, 0.25) is 5.75 Å². The van der Waals surface area contributed by atoms with Gasteiger partial charge in [-0.2, -0.15) is 0 Å². The summed E-state index contributed by atoms with van der Waals surface area (Å²) in [7, 11) is 9.66. The second-order valence-corrected chi connectivity index (χ2v) is 9.32. The second kappa shape index (κ2) is 13.2. The first-order valence-electron chi connectivity index (χ1n) is 12.6. The Morgan fingerprint density at radius 2 is 1.48 bits per heavy atom. The van der Waals surface area contributed by atoms with Crippen molar-refractivity contribution in [1.29, 1.82) is 0 Å². The van der Waals surface area contributed by atoms with E-state index >= 15 is 0 Å². The van der Waals surface area contributed by atoms with Crippen LogP contribution in [0.25, 0.3) is 10.9 Å². The summed E-state index contributed by atoms with van der Waals surface area (Å²) in [5, 5.41) is 5.02. The summed E-state index contributed by atoms with van der Waals surface area (Å²) in [5.74, 6) is 3.72. The number of nitrogens with zero attached hydrogens (tertiary/aromatic N) is 1. The number of nitrogens with one attached hydrogen (secondary N) is 2. The Hall–Kier alpha value is -4.31. The van der Waals surface area contributed by atoms with Crippen LogP contribution in [0.1, 0.15) is 11.1 Å². The molecule has 0 atom stereocenters. The average molecular weight is 566 g/mol. The first kappa shape index (κ1) is 28.7. The molecule has 0 unspecified atom stereocenters. The van der Waals surface area contributed by atoms with Gasteiger partial charge in [-0.05, 0) is 60.1 Å². The number of ether oxygens (including phenoxy) is 6. The maximum atomic E-state index is 5.94. The molecule has 212 valence electrons. The number of H-pyrrole nitrogens is 1. The van der Waals surface area contributed by atoms with Crippen LogP contribution in [-0.4, -0.2) is 64.2 Å². The molecule has 0 aliphatic heterocycles. The van der Waals surface area contributed by atoms with Gasteiger partial charge in [0, 0.05) is 48.0 Å². The van der Waals surface area contributed by atoms with E-state index in [-0.39, 0.29) is 0 Å². The zero-order valence-electron chi connectivity index (χ0n) is 23.6. The Kier molecular flexibility index (Phi) is 9.44. The number of fused-ring (bicyclic) bond motifs is 1. The highest BCUT2D eigenvalue weighted by molar-refractivity contribution is 7.80. The Morgan fingerprint density at radius 1 is 0.775 bits per heavy atom. The standard InChI is InChI=1S/C30H35N3O6S/c1-34-22-8-9-24-23(16-22)20(17-31-24)11-12-33(18-19-7-10-25(35-2)26(13-19)36-3)30(40)32-21-14-27(37-4)29(39-6)28(15-21)38-5/h7-10,13-17,31H,11-12,18H2,1-6H3,(H,32,40). The molecule has 2 N–H and O–H groups in total. The number of hydrogen-bond donors (Lipinski definition) is 2. The largest absolute Gasteiger partial charge is 0.497 e. The van der Waals surface area contributed by atoms with Crippen molar-refractivity contribution in [3.8, 4) is 34.5 Å². The molecule has 10 heteroatoms. The average Bonchev–Trinajstić information content (AvgIpc) is 3.40. The lowest BCUT2D eigenvalue weighted by Crippen LogP contribution is -2.35. The SMILES string of the molecule is COc1ccc2[nH]cc(CCN(Cc3ccc(OC)c(OC)c3)C(=S)Nc3cc(OC)c(OC)c(OC)c3)c2c1. The lowest BCUT2D eigenvalue weighted by Gasteiger charge is -2.27. The van der Waals surface area contributed by atoms with Gasteiger partial charge in [-0.3, -0.25) is 0 Å². The van der Waals surface area contributed by atoms with Crippen molar-refractivity contribution >= 4 is 33.9 Å². The third kappa shape index (κ3) is 6.28. The van der Waals surface area contributed by atoms with Gasteiger partial charge in [0.25, 0.3) is 0 Å². The molecule has 4 aromatic rings. The molecule has 40 heavy (non-hydrogen) atoms. The molecule has 3 aromatic carbocycles. The number of aromatic amines is 1. The molecule has 0 saturated heterocycles. The first-order valence-corrected chi connectivity index (χ1v) is 13.1. The first-order chi connectivity index (χ1) is 19.4. The van der Waals surface area contributed by atoms with Crippen LogP contribution < -0.4 is 33.7 Å². The minimum absolute atomic E-state index is 0.512. The van der Waals surface area contributed by atoms with E-state index in [4.69, 9.17) is 40.6 Å². The molecule has 0 aliphatic carbocycles. The highest BCUT2D eigenvalue weighted by Gasteiger charge is 2.18. The predicted molar refractivity (Wildman–Crippen MR) is 161 cm³/mol. The summed E-state index contributed by atoms with van der Waals surface area (Å²) in [6, 6.07) is 15.5. The maximum absolute atomic E-state index is 5.94. The van der Waals surface area contributed by atoms with Crippen LogP contribution in [0.5, 0.6) is 34.5 Å². The third-order valence-corrected chi connectivity index (χ3v) is 7.01. The number of aromatic nitrogens is 1. The third-order valence-electron chi connectivity index (χ3n) is 6.65. The van der Waals surface area contributed by atoms with Crippen molar-refractivity contribution < 1.29 is 28.4 Å². The number of hydrogen-bond acceptors (Lipinski definition) is 7. The highest BCUT2D eigenvalue weighted by Crippen LogP contribution is 2.40. The van der Waals surface area contributed by atoms with E-state index in [0.717, 1.165) is 28.6 Å². The molecule has 0 bridgehead atoms. The van der Waals surface area contributed by atoms with Gasteiger partial charge in [0.1, 0.15) is 5.75 Å². The Balaban J connectivity index is 1.62. The van der Waals surface area contributed by atoms with E-state index in [0.29, 0.717) is 52.6 Å². The van der Waals surface area contributed by atoms with Crippen LogP contribution in [0.15, 0.2) is 54.7 Å². The van der Waals surface area contributed by atoms with Crippen LogP contribution in [0, 0.1) is 0 Å². The Labute approximate surface area is 239 Å². The molecular weight excluding hydrogens is 530 g/mol. The lowest BCUT2D eigenvalue weighted by molar-refractivity contribution is 0.324. The number of rotatable bonds is 12. The normalized spacial score (nSPS) is 10.7. The van der Waals surface area contributed by atoms with E-state index in [1.165, 1.54) is 5.56 Å². The summed E-state index contributed by atoms with van der Waals surface area (Å²) < 4.78 is 32.9. The van der Waals surface area contributed by atoms with Crippen molar-refractivity contribution in [2.24, 2.45) is 0 Å². The molecule has 0 spiro atoms. The number of anilines is 1. The monoisotopic (exact) mass is 565 g/mol. The minimum atomic E-state index is 0.512. The number of thiocarbonyl (C=S) groups is 1. The van der Waals surface area contributed by atoms with Crippen molar-refractivity contribution in [3.63, 3.8) is 0 Å². The van der Waals surface area contributed by atoms with E-state index in [9.17, 15) is 0 Å². The van der Waals surface area contributed by atoms with Gasteiger partial charge < -0.3 is 43.6 Å². The van der Waals surface area contributed by atoms with Gasteiger partial charge >= 0.3 is 0 Å². The fraction of sp³-hybridized carbons (Fsp3) is 0.300. The smallest absolute Gasteiger partial charge is 0.203 e.